The van der Waals surface area contributed by atoms with Crippen LogP contribution in [0.5, 0.6) is 0 Å². The average molecular weight is 908 g/mol. The van der Waals surface area contributed by atoms with Crippen molar-refractivity contribution in [1.82, 2.24) is 5.32 Å². The van der Waals surface area contributed by atoms with Crippen molar-refractivity contribution in [2.24, 2.45) is 28.7 Å². The van der Waals surface area contributed by atoms with Gasteiger partial charge in [0, 0.05) is 17.8 Å². The van der Waals surface area contributed by atoms with Gasteiger partial charge >= 0.3 is 0 Å². The summed E-state index contributed by atoms with van der Waals surface area (Å²) < 4.78 is 14.4. The maximum atomic E-state index is 14.4. The lowest BCUT2D eigenvalue weighted by Crippen LogP contribution is -2.40. The first-order valence-corrected chi connectivity index (χ1v) is 25.7. The molecular weight excluding hydrogens is 800 g/mol. The maximum absolute atomic E-state index is 14.4. The Morgan fingerprint density at radius 1 is 0.892 bits per heavy atom. The molecule has 4 nitrogen and oxygen atoms in total. The quantitative estimate of drug-likeness (QED) is 0.111. The van der Waals surface area contributed by atoms with Crippen molar-refractivity contribution in [3.63, 3.8) is 0 Å². The van der Waals surface area contributed by atoms with Gasteiger partial charge in [0.05, 0.1) is 16.8 Å². The second kappa shape index (κ2) is 44.2. The van der Waals surface area contributed by atoms with Crippen LogP contribution >= 0.6 is 0 Å². The highest BCUT2D eigenvalue weighted by molar-refractivity contribution is 5.92. The topological polar surface area (TPSA) is 58.5 Å². The molecule has 1 aliphatic rings. The first-order chi connectivity index (χ1) is 30.6. The Morgan fingerprint density at radius 3 is 1.72 bits per heavy atom. The van der Waals surface area contributed by atoms with Gasteiger partial charge in [0.2, 0.25) is 0 Å². The molecule has 5 heteroatoms. The van der Waals surface area contributed by atoms with Gasteiger partial charge < -0.3 is 10.1 Å². The number of nitrogens with one attached hydrogen (secondary N) is 1. The molecule has 1 fully saturated rings. The Balaban J connectivity index is -0.000000405. The molecule has 0 radical (unpaired) electrons. The Hall–Kier alpha value is -3.60. The van der Waals surface area contributed by atoms with Gasteiger partial charge in [0.25, 0.3) is 0 Å². The van der Waals surface area contributed by atoms with Crippen LogP contribution in [0.25, 0.3) is 5.57 Å². The molecule has 0 saturated heterocycles. The number of hydrogen-bond donors (Lipinski definition) is 1. The summed E-state index contributed by atoms with van der Waals surface area (Å²) in [6.45, 7) is 53.0. The Labute approximate surface area is 405 Å². The number of aryl methyl sites for hydroxylation is 1. The van der Waals surface area contributed by atoms with E-state index in [0.29, 0.717) is 11.5 Å². The number of Topliss-reactive ketones (excluding diaryl/α,β-unsaturated/α-hetero) is 2. The second-order valence-corrected chi connectivity index (χ2v) is 18.2. The minimum atomic E-state index is -0.462. The molecule has 1 aliphatic carbocycles. The summed E-state index contributed by atoms with van der Waals surface area (Å²) >= 11 is 0. The summed E-state index contributed by atoms with van der Waals surface area (Å²) in [4.78, 5) is 28.0. The normalized spacial score (nSPS) is 15.4. The van der Waals surface area contributed by atoms with Gasteiger partial charge in [0.1, 0.15) is 17.4 Å². The van der Waals surface area contributed by atoms with Crippen molar-refractivity contribution < 1.29 is 14.0 Å². The highest BCUT2D eigenvalue weighted by atomic mass is 19.1. The van der Waals surface area contributed by atoms with E-state index < -0.39 is 11.2 Å². The van der Waals surface area contributed by atoms with E-state index in [1.54, 1.807) is 12.2 Å². The number of benzene rings is 1. The monoisotopic (exact) mass is 907 g/mol. The van der Waals surface area contributed by atoms with E-state index in [1.165, 1.54) is 58.4 Å². The van der Waals surface area contributed by atoms with E-state index >= 15 is 0 Å². The van der Waals surface area contributed by atoms with E-state index in [0.717, 1.165) is 95.5 Å². The molecule has 1 atom stereocenters. The summed E-state index contributed by atoms with van der Waals surface area (Å²) in [6, 6.07) is 6.38. The summed E-state index contributed by atoms with van der Waals surface area (Å²) in [5.74, 6) is 3.12. The number of rotatable bonds is 19. The zero-order valence-corrected chi connectivity index (χ0v) is 47.0. The largest absolute Gasteiger partial charge is 0.356 e. The zero-order valence-electron chi connectivity index (χ0n) is 47.0. The van der Waals surface area contributed by atoms with Gasteiger partial charge in [-0.05, 0) is 144 Å². The predicted octanol–water partition coefficient (Wildman–Crippen LogP) is 19.6. The van der Waals surface area contributed by atoms with Crippen molar-refractivity contribution in [2.75, 3.05) is 0 Å². The lowest BCUT2D eigenvalue weighted by molar-refractivity contribution is -0.129. The second-order valence-electron chi connectivity index (χ2n) is 18.2. The number of halogens is 1. The Kier molecular flexibility index (Phi) is 47.9. The van der Waals surface area contributed by atoms with Crippen molar-refractivity contribution in [3.05, 3.63) is 101 Å². The van der Waals surface area contributed by atoms with Crippen LogP contribution in [0.2, 0.25) is 0 Å². The van der Waals surface area contributed by atoms with Crippen LogP contribution in [0.3, 0.4) is 0 Å². The molecule has 1 saturated carbocycles. The number of allylic oxidation sites excluding steroid dienone is 8. The Morgan fingerprint density at radius 2 is 1.37 bits per heavy atom. The lowest BCUT2D eigenvalue weighted by Gasteiger charge is -2.36. The molecule has 376 valence electrons. The van der Waals surface area contributed by atoms with E-state index in [-0.39, 0.29) is 11.7 Å². The van der Waals surface area contributed by atoms with Gasteiger partial charge in [-0.1, -0.05) is 187 Å². The number of ketones is 2. The highest BCUT2D eigenvalue weighted by Crippen LogP contribution is 2.41. The third kappa shape index (κ3) is 32.7. The number of nitrogens with zero attached hydrogens (tertiary/aromatic N) is 1. The number of carbonyl (C=O) groups is 2. The minimum Gasteiger partial charge on any atom is -0.356 e. The zero-order chi connectivity index (χ0) is 51.7. The number of hydrogen-bond acceptors (Lipinski definition) is 4. The van der Waals surface area contributed by atoms with Crippen LogP contribution in [-0.4, -0.2) is 17.8 Å². The van der Waals surface area contributed by atoms with Crippen LogP contribution in [0.1, 0.15) is 239 Å². The summed E-state index contributed by atoms with van der Waals surface area (Å²) in [5.41, 5.74) is 6.35. The van der Waals surface area contributed by atoms with Crippen molar-refractivity contribution in [1.29, 1.82) is 0 Å². The van der Waals surface area contributed by atoms with E-state index in [2.05, 4.69) is 134 Å². The van der Waals surface area contributed by atoms with Crippen molar-refractivity contribution in [2.45, 2.75) is 235 Å². The fourth-order valence-electron chi connectivity index (χ4n) is 7.02. The molecule has 0 spiro atoms. The molecule has 0 heterocycles. The molecule has 0 aromatic heterocycles. The molecule has 2 rings (SSSR count). The SMILES string of the molecule is C=C/C(F)=C(\C=C/C)N/C(C)=C(C)/C(=C\C(=C)c1ccc(C(CCC)(CCC)C(=O)C(C)CC)c(C)c1)N=CCC.CC.CC(C)=O.CC(C)C.CCC.CCC.CCCC1CC(C)C1. The maximum Gasteiger partial charge on any atom is 0.146 e. The summed E-state index contributed by atoms with van der Waals surface area (Å²) in [6.07, 6.45) is 22.1. The minimum absolute atomic E-state index is 0.0267. The molecule has 0 aliphatic heterocycles. The molecule has 1 N–H and O–H groups in total. The lowest BCUT2D eigenvalue weighted by atomic mass is 9.65. The predicted molar refractivity (Wildman–Crippen MR) is 295 cm³/mol. The third-order valence-electron chi connectivity index (χ3n) is 9.93. The number of aliphatic imine (C=N–C) groups is 1. The van der Waals surface area contributed by atoms with Crippen molar-refractivity contribution in [3.8, 4) is 0 Å². The van der Waals surface area contributed by atoms with Gasteiger partial charge in [0.15, 0.2) is 0 Å². The summed E-state index contributed by atoms with van der Waals surface area (Å²) in [5, 5.41) is 3.17. The summed E-state index contributed by atoms with van der Waals surface area (Å²) in [7, 11) is 0. The molecule has 65 heavy (non-hydrogen) atoms. The van der Waals surface area contributed by atoms with Crippen LogP contribution in [-0.2, 0) is 15.0 Å². The third-order valence-corrected chi connectivity index (χ3v) is 9.93. The van der Waals surface area contributed by atoms with Crippen LogP contribution in [0.15, 0.2) is 89.1 Å². The van der Waals surface area contributed by atoms with Gasteiger partial charge in [-0.3, -0.25) is 9.79 Å². The standard InChI is InChI=1S/C37H53FN2O.C8H16.C4H10.C3H6O.2C3H8.C2H6/c1-12-18-34(33(38)17-6)40-30(11)29(10)35(39-23-15-4)25-27(8)31-19-20-32(28(9)24-31)37(21-13-2,22-14-3)36(41)26(7)16-5;1-3-4-8-5-7(2)6-8;1-4(2)3;1-3(2)4;2*1-3-2;1-2/h12,17-20,23-26,40H,6,8,13-16,21-22H2,1-5,7,9-11H3;7-8H,3-6H2,1-2H3;4H,1-3H3;1-2H3;2*3H2,1-2H3;1-2H3/b18-12-,30-29+,34-33-,35-25+,39-23?;;;;;;. The number of carbonyl (C=O) groups excluding carboxylic acids is 2. The van der Waals surface area contributed by atoms with Gasteiger partial charge in [-0.2, -0.15) is 0 Å². The first kappa shape index (κ1) is 70.4. The van der Waals surface area contributed by atoms with Crippen LogP contribution in [0, 0.1) is 30.6 Å². The fourth-order valence-corrected chi connectivity index (χ4v) is 7.02. The fraction of sp³-hybridized carbons (Fsp3) is 0.650. The van der Waals surface area contributed by atoms with Gasteiger partial charge in [-0.15, -0.1) is 0 Å². The molecule has 1 aromatic rings. The first-order valence-electron chi connectivity index (χ1n) is 25.7. The van der Waals surface area contributed by atoms with E-state index in [9.17, 15) is 14.0 Å². The average Bonchev–Trinajstić information content (AvgIpc) is 3.24. The van der Waals surface area contributed by atoms with Crippen LogP contribution in [0.4, 0.5) is 4.39 Å². The molecule has 0 amide bonds. The molecule has 1 aromatic carbocycles. The van der Waals surface area contributed by atoms with E-state index in [1.807, 2.05) is 53.8 Å². The van der Waals surface area contributed by atoms with E-state index in [4.69, 9.17) is 4.99 Å². The van der Waals surface area contributed by atoms with Gasteiger partial charge in [-0.25, -0.2) is 4.39 Å². The Bertz CT molecular complexity index is 1550. The molecular formula is C60H107FN2O2. The molecule has 0 bridgehead atoms. The highest BCUT2D eigenvalue weighted by Gasteiger charge is 2.41. The smallest absolute Gasteiger partial charge is 0.146 e. The molecule has 1 unspecified atom stereocenters. The van der Waals surface area contributed by atoms with Crippen molar-refractivity contribution >= 4 is 23.4 Å². The van der Waals surface area contributed by atoms with Crippen LogP contribution < -0.4 is 5.32 Å².